The Balaban J connectivity index is 2.28. The Kier molecular flexibility index (Phi) is 7.48. The molecule has 0 aliphatic rings. The molecule has 2 aromatic rings. The molecule has 1 heterocycles. The van der Waals surface area contributed by atoms with Gasteiger partial charge in [-0.05, 0) is 32.9 Å². The highest BCUT2D eigenvalue weighted by Gasteiger charge is 2.28. The van der Waals surface area contributed by atoms with E-state index in [9.17, 15) is 4.39 Å². The smallest absolute Gasteiger partial charge is 0.323 e. The van der Waals surface area contributed by atoms with Gasteiger partial charge < -0.3 is 15.0 Å². The van der Waals surface area contributed by atoms with Gasteiger partial charge in [0.1, 0.15) is 12.5 Å². The zero-order valence-electron chi connectivity index (χ0n) is 15.3. The highest BCUT2D eigenvalue weighted by molar-refractivity contribution is 7.24. The Morgan fingerprint density at radius 1 is 1.19 bits per heavy atom. The van der Waals surface area contributed by atoms with E-state index in [1.807, 2.05) is 49.1 Å². The summed E-state index contributed by atoms with van der Waals surface area (Å²) in [5, 5.41) is 2.41. The Labute approximate surface area is 158 Å². The fourth-order valence-corrected chi connectivity index (χ4v) is 2.24. The van der Waals surface area contributed by atoms with Crippen molar-refractivity contribution in [1.82, 2.24) is 15.0 Å². The Morgan fingerprint density at radius 2 is 1.85 bits per heavy atom. The van der Waals surface area contributed by atoms with Gasteiger partial charge in [-0.25, -0.2) is 4.39 Å². The summed E-state index contributed by atoms with van der Waals surface area (Å²) >= 11 is 0. The molecule has 142 valence electrons. The minimum Gasteiger partial charge on any atom is -0.462 e. The third-order valence-corrected chi connectivity index (χ3v) is 5.45. The summed E-state index contributed by atoms with van der Waals surface area (Å²) in [6.07, 6.45) is 0. The van der Waals surface area contributed by atoms with Gasteiger partial charge in [0, 0.05) is 18.8 Å². The van der Waals surface area contributed by atoms with Crippen LogP contribution >= 0.6 is 18.5 Å². The van der Waals surface area contributed by atoms with Crippen molar-refractivity contribution in [2.24, 2.45) is 0 Å². The summed E-state index contributed by atoms with van der Waals surface area (Å²) in [7, 11) is 4.62. The minimum absolute atomic E-state index is 0.120. The van der Waals surface area contributed by atoms with Crippen molar-refractivity contribution in [3.05, 3.63) is 30.3 Å². The van der Waals surface area contributed by atoms with E-state index in [1.54, 1.807) is 6.92 Å². The van der Waals surface area contributed by atoms with Gasteiger partial charge in [-0.2, -0.15) is 15.0 Å². The van der Waals surface area contributed by atoms with E-state index in [-0.39, 0.29) is 12.6 Å². The second-order valence-electron chi connectivity index (χ2n) is 6.10. The molecule has 0 bridgehead atoms. The van der Waals surface area contributed by atoms with Crippen LogP contribution in [0, 0.1) is 0 Å². The molecule has 2 rings (SSSR count). The molecule has 4 unspecified atom stereocenters. The molecule has 9 heteroatoms. The van der Waals surface area contributed by atoms with Gasteiger partial charge in [0.2, 0.25) is 11.9 Å². The predicted molar refractivity (Wildman–Crippen MR) is 111 cm³/mol. The van der Waals surface area contributed by atoms with Crippen LogP contribution in [0.15, 0.2) is 30.3 Å². The number of nitrogens with zero attached hydrogens (tertiary/aromatic N) is 4. The quantitative estimate of drug-likeness (QED) is 0.652. The second kappa shape index (κ2) is 9.38. The standard InChI is InChI=1S/C17H26FN5OP2/c1-4-23(5-2)15-20-14(19-12-9-7-6-8-10-12)21-16(22-15)24-11-17(3,26)13(18)25/h6-10,13H,4-5,11,25-26H2,1-3H3,(H,19,20,21,22). The van der Waals surface area contributed by atoms with Crippen molar-refractivity contribution in [3.8, 4) is 6.01 Å². The van der Waals surface area contributed by atoms with Crippen LogP contribution in [-0.4, -0.2) is 45.7 Å². The van der Waals surface area contributed by atoms with Crippen LogP contribution in [-0.2, 0) is 0 Å². The lowest BCUT2D eigenvalue weighted by atomic mass is 10.2. The van der Waals surface area contributed by atoms with E-state index in [4.69, 9.17) is 4.74 Å². The molecule has 0 aliphatic heterocycles. The predicted octanol–water partition coefficient (Wildman–Crippen LogP) is 3.64. The van der Waals surface area contributed by atoms with Gasteiger partial charge in [0.05, 0.1) is 5.16 Å². The lowest BCUT2D eigenvalue weighted by Crippen LogP contribution is -2.33. The van der Waals surface area contributed by atoms with E-state index in [0.29, 0.717) is 11.9 Å². The van der Waals surface area contributed by atoms with Crippen molar-refractivity contribution in [1.29, 1.82) is 0 Å². The van der Waals surface area contributed by atoms with Crippen molar-refractivity contribution in [2.75, 3.05) is 29.9 Å². The number of anilines is 3. The third-order valence-electron chi connectivity index (χ3n) is 3.82. The fraction of sp³-hybridized carbons (Fsp3) is 0.471. The number of alkyl halides is 1. The Bertz CT molecular complexity index is 699. The van der Waals surface area contributed by atoms with Gasteiger partial charge >= 0.3 is 6.01 Å². The number of hydrogen-bond acceptors (Lipinski definition) is 6. The summed E-state index contributed by atoms with van der Waals surface area (Å²) in [4.78, 5) is 15.2. The van der Waals surface area contributed by atoms with Crippen LogP contribution in [0.4, 0.5) is 22.0 Å². The zero-order valence-corrected chi connectivity index (χ0v) is 17.6. The van der Waals surface area contributed by atoms with Gasteiger partial charge in [0.25, 0.3) is 0 Å². The molecule has 0 saturated carbocycles. The summed E-state index contributed by atoms with van der Waals surface area (Å²) in [5.74, 6) is -0.221. The number of nitrogens with one attached hydrogen (secondary N) is 1. The highest BCUT2D eigenvalue weighted by Crippen LogP contribution is 2.30. The SMILES string of the molecule is CCN(CC)c1nc(Nc2ccccc2)nc(OCC(C)(P)C(F)P)n1. The van der Waals surface area contributed by atoms with Gasteiger partial charge in [-0.1, -0.05) is 27.4 Å². The van der Waals surface area contributed by atoms with Gasteiger partial charge in [-0.3, -0.25) is 0 Å². The molecule has 1 aromatic carbocycles. The topological polar surface area (TPSA) is 63.2 Å². The molecule has 0 amide bonds. The monoisotopic (exact) mass is 397 g/mol. The normalized spacial score (nSPS) is 14.4. The van der Waals surface area contributed by atoms with Crippen LogP contribution < -0.4 is 15.0 Å². The number of para-hydroxylation sites is 1. The van der Waals surface area contributed by atoms with E-state index < -0.39 is 11.1 Å². The first-order chi connectivity index (χ1) is 12.4. The first-order valence-electron chi connectivity index (χ1n) is 8.50. The molecule has 0 radical (unpaired) electrons. The third kappa shape index (κ3) is 5.72. The molecular weight excluding hydrogens is 371 g/mol. The van der Waals surface area contributed by atoms with Gasteiger partial charge in [0.15, 0.2) is 0 Å². The van der Waals surface area contributed by atoms with Gasteiger partial charge in [-0.15, -0.1) is 9.24 Å². The average molecular weight is 397 g/mol. The van der Waals surface area contributed by atoms with Crippen molar-refractivity contribution >= 4 is 36.1 Å². The van der Waals surface area contributed by atoms with Crippen LogP contribution in [0.2, 0.25) is 0 Å². The first kappa shape index (κ1) is 20.7. The molecule has 1 N–H and O–H groups in total. The zero-order chi connectivity index (χ0) is 19.2. The van der Waals surface area contributed by atoms with E-state index >= 15 is 0 Å². The maximum Gasteiger partial charge on any atom is 0.323 e. The van der Waals surface area contributed by atoms with Crippen LogP contribution in [0.5, 0.6) is 6.01 Å². The lowest BCUT2D eigenvalue weighted by Gasteiger charge is -2.25. The number of ether oxygens (including phenoxy) is 1. The molecule has 6 nitrogen and oxygen atoms in total. The van der Waals surface area contributed by atoms with Crippen LogP contribution in [0.3, 0.4) is 0 Å². The Hall–Kier alpha value is -1.58. The molecule has 1 aromatic heterocycles. The van der Waals surface area contributed by atoms with Crippen LogP contribution in [0.1, 0.15) is 20.8 Å². The average Bonchev–Trinajstić information content (AvgIpc) is 2.62. The highest BCUT2D eigenvalue weighted by atomic mass is 31.0. The number of benzene rings is 1. The minimum atomic E-state index is -1.13. The number of halogens is 1. The summed E-state index contributed by atoms with van der Waals surface area (Å²) in [6, 6.07) is 9.79. The van der Waals surface area contributed by atoms with E-state index in [0.717, 1.165) is 18.8 Å². The molecule has 0 saturated heterocycles. The Morgan fingerprint density at radius 3 is 2.42 bits per heavy atom. The first-order valence-corrected chi connectivity index (χ1v) is 9.74. The lowest BCUT2D eigenvalue weighted by molar-refractivity contribution is 0.222. The number of rotatable bonds is 9. The fourth-order valence-electron chi connectivity index (χ4n) is 2.06. The molecular formula is C17H26FN5OP2. The van der Waals surface area contributed by atoms with Crippen molar-refractivity contribution in [2.45, 2.75) is 31.8 Å². The molecule has 4 atom stereocenters. The maximum atomic E-state index is 13.7. The van der Waals surface area contributed by atoms with Crippen molar-refractivity contribution in [3.63, 3.8) is 0 Å². The summed E-state index contributed by atoms with van der Waals surface area (Å²) in [5.41, 5.74) is 0.861. The number of aromatic nitrogens is 3. The molecule has 0 aliphatic carbocycles. The van der Waals surface area contributed by atoms with E-state index in [2.05, 4.69) is 38.7 Å². The number of hydrogen-bond donors (Lipinski definition) is 1. The molecule has 0 spiro atoms. The summed E-state index contributed by atoms with van der Waals surface area (Å²) < 4.78 is 19.3. The largest absolute Gasteiger partial charge is 0.462 e. The van der Waals surface area contributed by atoms with Crippen molar-refractivity contribution < 1.29 is 9.13 Å². The molecule has 0 fully saturated rings. The summed E-state index contributed by atoms with van der Waals surface area (Å²) in [6.45, 7) is 7.44. The van der Waals surface area contributed by atoms with Crippen LogP contribution in [0.25, 0.3) is 0 Å². The molecule has 26 heavy (non-hydrogen) atoms. The maximum absolute atomic E-state index is 13.7. The van der Waals surface area contributed by atoms with E-state index in [1.165, 1.54) is 0 Å². The second-order valence-corrected chi connectivity index (χ2v) is 8.01.